The Hall–Kier alpha value is -1.62. The second-order valence-corrected chi connectivity index (χ2v) is 4.58. The molecule has 5 heteroatoms. The average molecular weight is 232 g/mol. The number of H-pyrrole nitrogens is 1. The number of hydrogen-bond donors (Lipinski definition) is 2. The zero-order valence-electron chi connectivity index (χ0n) is 9.65. The van der Waals surface area contributed by atoms with Crippen LogP contribution in [0.2, 0.25) is 0 Å². The Labute approximate surface area is 98.9 Å². The summed E-state index contributed by atoms with van der Waals surface area (Å²) in [5.41, 5.74) is 1.71. The molecule has 0 bridgehead atoms. The molecule has 3 heterocycles. The van der Waals surface area contributed by atoms with E-state index in [4.69, 9.17) is 0 Å². The van der Waals surface area contributed by atoms with Crippen molar-refractivity contribution in [2.45, 2.75) is 31.8 Å². The van der Waals surface area contributed by atoms with Crippen LogP contribution in [0.4, 0.5) is 0 Å². The molecule has 0 aromatic carbocycles. The van der Waals surface area contributed by atoms with E-state index in [1.54, 1.807) is 17.0 Å². The zero-order valence-corrected chi connectivity index (χ0v) is 9.65. The summed E-state index contributed by atoms with van der Waals surface area (Å²) in [5.74, 6) is 0. The van der Waals surface area contributed by atoms with Crippen molar-refractivity contribution in [1.29, 1.82) is 0 Å². The monoisotopic (exact) mass is 232 g/mol. The number of piperidine rings is 1. The van der Waals surface area contributed by atoms with Crippen LogP contribution in [0.25, 0.3) is 11.0 Å². The van der Waals surface area contributed by atoms with Crippen molar-refractivity contribution in [2.75, 3.05) is 6.54 Å². The number of aromatic nitrogens is 3. The smallest absolute Gasteiger partial charge is 0.312 e. The van der Waals surface area contributed by atoms with E-state index in [9.17, 15) is 4.79 Å². The summed E-state index contributed by atoms with van der Waals surface area (Å²) in [6, 6.07) is 2.30. The first kappa shape index (κ1) is 10.5. The molecule has 0 aliphatic carbocycles. The van der Waals surface area contributed by atoms with Crippen LogP contribution in [0.1, 0.15) is 19.3 Å². The largest absolute Gasteiger partial charge is 0.326 e. The van der Waals surface area contributed by atoms with E-state index in [1.807, 2.05) is 6.07 Å². The molecule has 17 heavy (non-hydrogen) atoms. The van der Waals surface area contributed by atoms with E-state index < -0.39 is 0 Å². The fraction of sp³-hybridized carbons (Fsp3) is 0.500. The highest BCUT2D eigenvalue weighted by atomic mass is 16.1. The summed E-state index contributed by atoms with van der Waals surface area (Å²) >= 11 is 0. The van der Waals surface area contributed by atoms with Gasteiger partial charge in [0.2, 0.25) is 0 Å². The fourth-order valence-corrected chi connectivity index (χ4v) is 2.49. The quantitative estimate of drug-likeness (QED) is 0.807. The number of imidazole rings is 1. The molecule has 2 N–H and O–H groups in total. The molecular weight excluding hydrogens is 216 g/mol. The third kappa shape index (κ3) is 1.98. The van der Waals surface area contributed by atoms with Gasteiger partial charge in [-0.15, -0.1) is 0 Å². The minimum atomic E-state index is -0.0413. The molecule has 1 atom stereocenters. The highest BCUT2D eigenvalue weighted by Crippen LogP contribution is 2.12. The Morgan fingerprint density at radius 2 is 2.41 bits per heavy atom. The van der Waals surface area contributed by atoms with Gasteiger partial charge in [0.25, 0.3) is 0 Å². The first-order valence-corrected chi connectivity index (χ1v) is 6.10. The van der Waals surface area contributed by atoms with Crippen LogP contribution >= 0.6 is 0 Å². The molecule has 1 unspecified atom stereocenters. The lowest BCUT2D eigenvalue weighted by molar-refractivity contribution is 0.363. The van der Waals surface area contributed by atoms with Crippen LogP contribution in [-0.2, 0) is 6.54 Å². The molecule has 1 aliphatic heterocycles. The van der Waals surface area contributed by atoms with E-state index in [1.165, 1.54) is 12.8 Å². The number of hydrogen-bond acceptors (Lipinski definition) is 3. The maximum Gasteiger partial charge on any atom is 0.326 e. The van der Waals surface area contributed by atoms with Crippen molar-refractivity contribution < 1.29 is 0 Å². The summed E-state index contributed by atoms with van der Waals surface area (Å²) < 4.78 is 1.81. The number of aromatic amines is 1. The third-order valence-corrected chi connectivity index (χ3v) is 3.39. The van der Waals surface area contributed by atoms with Gasteiger partial charge in [0.1, 0.15) is 0 Å². The van der Waals surface area contributed by atoms with Crippen molar-refractivity contribution in [3.63, 3.8) is 0 Å². The molecule has 0 radical (unpaired) electrons. The lowest BCUT2D eigenvalue weighted by Crippen LogP contribution is -2.39. The standard InChI is InChI=1S/C12H16N4O/c17-12-15-10-7-13-6-4-11(10)16(12)8-9-3-1-2-5-14-9/h4,6-7,9,14H,1-3,5,8H2,(H,15,17). The maximum absolute atomic E-state index is 11.9. The Kier molecular flexibility index (Phi) is 2.68. The Bertz CT molecular complexity index is 565. The normalized spacial score (nSPS) is 20.8. The second kappa shape index (κ2) is 4.33. The Balaban J connectivity index is 1.93. The Morgan fingerprint density at radius 3 is 3.24 bits per heavy atom. The summed E-state index contributed by atoms with van der Waals surface area (Å²) in [6.07, 6.45) is 7.05. The van der Waals surface area contributed by atoms with Gasteiger partial charge in [-0.3, -0.25) is 9.55 Å². The lowest BCUT2D eigenvalue weighted by Gasteiger charge is -2.23. The van der Waals surface area contributed by atoms with Gasteiger partial charge < -0.3 is 10.3 Å². The molecule has 3 rings (SSSR count). The first-order chi connectivity index (χ1) is 8.34. The van der Waals surface area contributed by atoms with Crippen LogP contribution < -0.4 is 11.0 Å². The number of pyridine rings is 1. The minimum absolute atomic E-state index is 0.0413. The number of nitrogens with one attached hydrogen (secondary N) is 2. The van der Waals surface area contributed by atoms with Crippen LogP contribution in [-0.4, -0.2) is 27.1 Å². The van der Waals surface area contributed by atoms with E-state index >= 15 is 0 Å². The van der Waals surface area contributed by atoms with Crippen LogP contribution in [0.3, 0.4) is 0 Å². The summed E-state index contributed by atoms with van der Waals surface area (Å²) in [4.78, 5) is 18.7. The van der Waals surface area contributed by atoms with Gasteiger partial charge in [0, 0.05) is 18.8 Å². The SMILES string of the molecule is O=c1[nH]c2cnccc2n1CC1CCCCN1. The molecule has 5 nitrogen and oxygen atoms in total. The highest BCUT2D eigenvalue weighted by molar-refractivity contribution is 5.73. The van der Waals surface area contributed by atoms with Crippen molar-refractivity contribution >= 4 is 11.0 Å². The lowest BCUT2D eigenvalue weighted by atomic mass is 10.1. The van der Waals surface area contributed by atoms with E-state index in [0.717, 1.165) is 30.5 Å². The van der Waals surface area contributed by atoms with Gasteiger partial charge in [0.05, 0.1) is 17.2 Å². The predicted octanol–water partition coefficient (Wildman–Crippen LogP) is 0.867. The van der Waals surface area contributed by atoms with Crippen molar-refractivity contribution in [3.8, 4) is 0 Å². The van der Waals surface area contributed by atoms with E-state index in [2.05, 4.69) is 15.3 Å². The van der Waals surface area contributed by atoms with Crippen molar-refractivity contribution in [2.24, 2.45) is 0 Å². The highest BCUT2D eigenvalue weighted by Gasteiger charge is 2.15. The van der Waals surface area contributed by atoms with Gasteiger partial charge in [-0.1, -0.05) is 6.42 Å². The topological polar surface area (TPSA) is 62.7 Å². The van der Waals surface area contributed by atoms with Gasteiger partial charge >= 0.3 is 5.69 Å². The Morgan fingerprint density at radius 1 is 1.47 bits per heavy atom. The molecule has 0 spiro atoms. The van der Waals surface area contributed by atoms with E-state index in [0.29, 0.717) is 6.04 Å². The van der Waals surface area contributed by atoms with Gasteiger partial charge in [-0.05, 0) is 25.5 Å². The molecule has 1 saturated heterocycles. The van der Waals surface area contributed by atoms with Gasteiger partial charge in [-0.25, -0.2) is 4.79 Å². The molecule has 0 amide bonds. The average Bonchev–Trinajstić information content (AvgIpc) is 2.68. The first-order valence-electron chi connectivity index (χ1n) is 6.10. The number of fused-ring (bicyclic) bond motifs is 1. The van der Waals surface area contributed by atoms with Crippen LogP contribution in [0, 0.1) is 0 Å². The molecule has 2 aromatic heterocycles. The number of nitrogens with zero attached hydrogens (tertiary/aromatic N) is 2. The fourth-order valence-electron chi connectivity index (χ4n) is 2.49. The second-order valence-electron chi connectivity index (χ2n) is 4.58. The maximum atomic E-state index is 11.9. The molecule has 1 fully saturated rings. The summed E-state index contributed by atoms with van der Waals surface area (Å²) in [7, 11) is 0. The molecule has 1 aliphatic rings. The molecule has 2 aromatic rings. The van der Waals surface area contributed by atoms with Crippen molar-refractivity contribution in [3.05, 3.63) is 28.9 Å². The molecule has 0 saturated carbocycles. The van der Waals surface area contributed by atoms with Crippen LogP contribution in [0.5, 0.6) is 0 Å². The van der Waals surface area contributed by atoms with Crippen LogP contribution in [0.15, 0.2) is 23.3 Å². The van der Waals surface area contributed by atoms with Gasteiger partial charge in [-0.2, -0.15) is 0 Å². The zero-order chi connectivity index (χ0) is 11.7. The van der Waals surface area contributed by atoms with Crippen molar-refractivity contribution in [1.82, 2.24) is 19.9 Å². The van der Waals surface area contributed by atoms with Gasteiger partial charge in [0.15, 0.2) is 0 Å². The molecular formula is C12H16N4O. The number of rotatable bonds is 2. The summed E-state index contributed by atoms with van der Waals surface area (Å²) in [6.45, 7) is 1.80. The third-order valence-electron chi connectivity index (χ3n) is 3.39. The predicted molar refractivity (Wildman–Crippen MR) is 66.0 cm³/mol. The molecule has 90 valence electrons. The minimum Gasteiger partial charge on any atom is -0.312 e. The van der Waals surface area contributed by atoms with E-state index in [-0.39, 0.29) is 5.69 Å². The summed E-state index contributed by atoms with van der Waals surface area (Å²) in [5, 5.41) is 3.46.